The Morgan fingerprint density at radius 2 is 1.74 bits per heavy atom. The Morgan fingerprint density at radius 1 is 1.03 bits per heavy atom. The monoisotopic (exact) mass is 469 g/mol. The third kappa shape index (κ3) is 3.72. The summed E-state index contributed by atoms with van der Waals surface area (Å²) in [4.78, 5) is 42.4. The number of carbonyl (C=O) groups excluding carboxylic acids is 3. The molecule has 2 aliphatic rings. The third-order valence-electron chi connectivity index (χ3n) is 6.02. The van der Waals surface area contributed by atoms with Crippen molar-refractivity contribution in [2.75, 3.05) is 0 Å². The molecule has 0 bridgehead atoms. The normalized spacial score (nSPS) is 18.3. The minimum absolute atomic E-state index is 0.173. The van der Waals surface area contributed by atoms with Crippen LogP contribution in [0.4, 0.5) is 13.2 Å². The number of fused-ring (bicyclic) bond motifs is 1. The fourth-order valence-electron chi connectivity index (χ4n) is 4.28. The standard InChI is InChI=1S/C23H18F3N5O3/c1-30-20(12-2-5-15(6-3-12)23(24,25)26)28-19(29-30)13-4-7-16-14(10-13)11-31(22(16)34)17-8-9-18(32)27-21(17)33/h2-7,10,17H,8-9,11H2,1H3,(H,27,32,33). The number of amides is 3. The van der Waals surface area contributed by atoms with Crippen LogP contribution in [0.25, 0.3) is 22.8 Å². The minimum atomic E-state index is -4.42. The molecule has 1 fully saturated rings. The van der Waals surface area contributed by atoms with E-state index in [0.29, 0.717) is 33.9 Å². The molecule has 5 rings (SSSR count). The molecular weight excluding hydrogens is 451 g/mol. The van der Waals surface area contributed by atoms with Crippen molar-refractivity contribution in [3.8, 4) is 22.8 Å². The van der Waals surface area contributed by atoms with Crippen molar-refractivity contribution in [3.05, 3.63) is 59.2 Å². The van der Waals surface area contributed by atoms with Crippen LogP contribution < -0.4 is 5.32 Å². The molecule has 3 heterocycles. The van der Waals surface area contributed by atoms with Crippen LogP contribution in [0, 0.1) is 0 Å². The average molecular weight is 469 g/mol. The maximum atomic E-state index is 12.9. The van der Waals surface area contributed by atoms with Crippen LogP contribution >= 0.6 is 0 Å². The highest BCUT2D eigenvalue weighted by Crippen LogP contribution is 2.33. The van der Waals surface area contributed by atoms with Crippen LogP contribution in [0.2, 0.25) is 0 Å². The molecule has 1 saturated heterocycles. The fraction of sp³-hybridized carbons (Fsp3) is 0.261. The molecule has 3 amide bonds. The van der Waals surface area contributed by atoms with Gasteiger partial charge in [0.1, 0.15) is 6.04 Å². The molecule has 3 aromatic rings. The van der Waals surface area contributed by atoms with Crippen LogP contribution in [0.15, 0.2) is 42.5 Å². The SMILES string of the molecule is Cn1nc(-c2ccc3c(c2)CN(C2CCC(=O)NC2=O)C3=O)nc1-c1ccc(C(F)(F)F)cc1. The number of aromatic nitrogens is 3. The van der Waals surface area contributed by atoms with E-state index in [4.69, 9.17) is 0 Å². The van der Waals surface area contributed by atoms with Crippen molar-refractivity contribution in [1.29, 1.82) is 0 Å². The van der Waals surface area contributed by atoms with E-state index in [0.717, 1.165) is 12.1 Å². The summed E-state index contributed by atoms with van der Waals surface area (Å²) >= 11 is 0. The zero-order chi connectivity index (χ0) is 24.2. The number of piperidine rings is 1. The second-order valence-corrected chi connectivity index (χ2v) is 8.23. The summed E-state index contributed by atoms with van der Waals surface area (Å²) in [7, 11) is 1.64. The van der Waals surface area contributed by atoms with Gasteiger partial charge in [0.15, 0.2) is 11.6 Å². The van der Waals surface area contributed by atoms with Crippen molar-refractivity contribution in [3.63, 3.8) is 0 Å². The molecule has 1 aromatic heterocycles. The highest BCUT2D eigenvalue weighted by atomic mass is 19.4. The van der Waals surface area contributed by atoms with Crippen LogP contribution in [0.1, 0.15) is 34.3 Å². The van der Waals surface area contributed by atoms with Gasteiger partial charge >= 0.3 is 6.18 Å². The Bertz CT molecular complexity index is 1330. The average Bonchev–Trinajstić information content (AvgIpc) is 3.33. The highest BCUT2D eigenvalue weighted by molar-refractivity contribution is 6.05. The third-order valence-corrected chi connectivity index (χ3v) is 6.02. The first kappa shape index (κ1) is 21.8. The zero-order valence-corrected chi connectivity index (χ0v) is 17.9. The number of halogens is 3. The molecule has 1 atom stereocenters. The van der Waals surface area contributed by atoms with Gasteiger partial charge in [-0.25, -0.2) is 9.67 Å². The minimum Gasteiger partial charge on any atom is -0.322 e. The number of hydrogen-bond acceptors (Lipinski definition) is 5. The van der Waals surface area contributed by atoms with Crippen molar-refractivity contribution < 1.29 is 27.6 Å². The quantitative estimate of drug-likeness (QED) is 0.595. The molecule has 34 heavy (non-hydrogen) atoms. The van der Waals surface area contributed by atoms with E-state index in [1.54, 1.807) is 25.2 Å². The maximum Gasteiger partial charge on any atom is 0.416 e. The Hall–Kier alpha value is -4.02. The van der Waals surface area contributed by atoms with Gasteiger partial charge in [-0.15, -0.1) is 0 Å². The number of rotatable bonds is 3. The van der Waals surface area contributed by atoms with Gasteiger partial charge < -0.3 is 4.90 Å². The van der Waals surface area contributed by atoms with Crippen LogP contribution in [-0.2, 0) is 29.4 Å². The molecule has 0 aliphatic carbocycles. The van der Waals surface area contributed by atoms with E-state index in [9.17, 15) is 27.6 Å². The summed E-state index contributed by atoms with van der Waals surface area (Å²) in [5, 5.41) is 6.66. The topological polar surface area (TPSA) is 97.2 Å². The molecule has 1 unspecified atom stereocenters. The number of benzene rings is 2. The smallest absolute Gasteiger partial charge is 0.322 e. The van der Waals surface area contributed by atoms with Crippen molar-refractivity contribution in [1.82, 2.24) is 25.0 Å². The molecule has 0 radical (unpaired) electrons. The second-order valence-electron chi connectivity index (χ2n) is 8.23. The largest absolute Gasteiger partial charge is 0.416 e. The number of carbonyl (C=O) groups is 3. The number of alkyl halides is 3. The van der Waals surface area contributed by atoms with Gasteiger partial charge in [-0.3, -0.25) is 19.7 Å². The summed E-state index contributed by atoms with van der Waals surface area (Å²) in [6, 6.07) is 9.07. The number of hydrogen-bond donors (Lipinski definition) is 1. The van der Waals surface area contributed by atoms with Gasteiger partial charge in [0.05, 0.1) is 5.56 Å². The van der Waals surface area contributed by atoms with Gasteiger partial charge in [0, 0.05) is 36.7 Å². The summed E-state index contributed by atoms with van der Waals surface area (Å²) in [6.45, 7) is 0.215. The second kappa shape index (κ2) is 7.79. The molecule has 0 spiro atoms. The lowest BCUT2D eigenvalue weighted by Gasteiger charge is -2.29. The van der Waals surface area contributed by atoms with Crippen molar-refractivity contribution in [2.45, 2.75) is 31.6 Å². The summed E-state index contributed by atoms with van der Waals surface area (Å²) in [6.07, 6.45) is -3.98. The van der Waals surface area contributed by atoms with E-state index in [1.165, 1.54) is 21.7 Å². The van der Waals surface area contributed by atoms with E-state index in [-0.39, 0.29) is 31.2 Å². The van der Waals surface area contributed by atoms with E-state index in [1.807, 2.05) is 0 Å². The molecule has 2 aromatic carbocycles. The van der Waals surface area contributed by atoms with Crippen molar-refractivity contribution >= 4 is 17.7 Å². The highest BCUT2D eigenvalue weighted by Gasteiger charge is 2.39. The van der Waals surface area contributed by atoms with Gasteiger partial charge in [0.2, 0.25) is 11.8 Å². The molecule has 0 saturated carbocycles. The molecule has 2 aliphatic heterocycles. The fourth-order valence-corrected chi connectivity index (χ4v) is 4.28. The number of imide groups is 1. The summed E-state index contributed by atoms with van der Waals surface area (Å²) < 4.78 is 40.0. The van der Waals surface area contributed by atoms with Gasteiger partial charge in [-0.1, -0.05) is 18.2 Å². The van der Waals surface area contributed by atoms with Crippen molar-refractivity contribution in [2.24, 2.45) is 7.05 Å². The Balaban J connectivity index is 1.41. The number of aryl methyl sites for hydroxylation is 1. The number of nitrogens with zero attached hydrogens (tertiary/aromatic N) is 4. The Kier molecular flexibility index (Phi) is 4.99. The van der Waals surface area contributed by atoms with Gasteiger partial charge in [0.25, 0.3) is 5.91 Å². The molecule has 11 heteroatoms. The first-order chi connectivity index (χ1) is 16.1. The zero-order valence-electron chi connectivity index (χ0n) is 17.9. The van der Waals surface area contributed by atoms with Gasteiger partial charge in [-0.05, 0) is 36.2 Å². The first-order valence-corrected chi connectivity index (χ1v) is 10.5. The van der Waals surface area contributed by atoms with Gasteiger partial charge in [-0.2, -0.15) is 18.3 Å². The molecular formula is C23H18F3N5O3. The summed E-state index contributed by atoms with van der Waals surface area (Å²) in [5.41, 5.74) is 1.53. The van der Waals surface area contributed by atoms with Crippen LogP contribution in [-0.4, -0.2) is 43.4 Å². The predicted molar refractivity (Wildman–Crippen MR) is 113 cm³/mol. The van der Waals surface area contributed by atoms with Crippen LogP contribution in [0.5, 0.6) is 0 Å². The molecule has 1 N–H and O–H groups in total. The lowest BCUT2D eigenvalue weighted by atomic mass is 10.0. The lowest BCUT2D eigenvalue weighted by molar-refractivity contribution is -0.138. The maximum absolute atomic E-state index is 12.9. The first-order valence-electron chi connectivity index (χ1n) is 10.5. The number of nitrogens with one attached hydrogen (secondary N) is 1. The Morgan fingerprint density at radius 3 is 2.41 bits per heavy atom. The van der Waals surface area contributed by atoms with E-state index >= 15 is 0 Å². The lowest BCUT2D eigenvalue weighted by Crippen LogP contribution is -2.52. The van der Waals surface area contributed by atoms with E-state index in [2.05, 4.69) is 15.4 Å². The predicted octanol–water partition coefficient (Wildman–Crippen LogP) is 2.93. The molecule has 8 nitrogen and oxygen atoms in total. The Labute approximate surface area is 191 Å². The molecule has 174 valence electrons. The van der Waals surface area contributed by atoms with E-state index < -0.39 is 23.7 Å². The van der Waals surface area contributed by atoms with Crippen LogP contribution in [0.3, 0.4) is 0 Å². The summed E-state index contributed by atoms with van der Waals surface area (Å²) in [5.74, 6) is -0.365.